The van der Waals surface area contributed by atoms with Crippen molar-refractivity contribution in [3.63, 3.8) is 0 Å². The van der Waals surface area contributed by atoms with Crippen molar-refractivity contribution in [2.24, 2.45) is 0 Å². The number of rotatable bonds is 4. The molecular weight excluding hydrogens is 483 g/mol. The second-order valence-electron chi connectivity index (χ2n) is 8.85. The van der Waals surface area contributed by atoms with Crippen LogP contribution in [0.5, 0.6) is 0 Å². The number of hydrogen-bond donors (Lipinski definition) is 1. The van der Waals surface area contributed by atoms with Crippen molar-refractivity contribution in [3.8, 4) is 0 Å². The highest BCUT2D eigenvalue weighted by atomic mass is 35.5. The second kappa shape index (κ2) is 8.21. The summed E-state index contributed by atoms with van der Waals surface area (Å²) in [4.78, 5) is 14.0. The van der Waals surface area contributed by atoms with Gasteiger partial charge in [0.05, 0.1) is 11.9 Å². The average molecular weight is 507 g/mol. The summed E-state index contributed by atoms with van der Waals surface area (Å²) in [5.74, 6) is -2.08. The third-order valence-electron chi connectivity index (χ3n) is 6.94. The van der Waals surface area contributed by atoms with Crippen molar-refractivity contribution in [3.05, 3.63) is 74.3 Å². The quantitative estimate of drug-likeness (QED) is 0.568. The predicted octanol–water partition coefficient (Wildman–Crippen LogP) is 4.25. The zero-order valence-electron chi connectivity index (χ0n) is 18.9. The van der Waals surface area contributed by atoms with Gasteiger partial charge in [0, 0.05) is 17.5 Å². The first kappa shape index (κ1) is 23.1. The standard InChI is InChI=1S/C23H24ClFN4O4S/c1-12-6-8-16(25)20(13(12)2)14(3)21(22-26-27-23(30)33-22)29-19-5-4-10-28(19)17-11-15(24)7-9-18(17)34(29,31)32/h6-9,11,14,19,21H,4-5,10H2,1-3H3,(H,27,30)/t14-,19?,21+/m1/s1. The number of anilines is 1. The molecule has 0 spiro atoms. The van der Waals surface area contributed by atoms with E-state index in [-0.39, 0.29) is 10.8 Å². The van der Waals surface area contributed by atoms with E-state index in [2.05, 4.69) is 10.2 Å². The zero-order valence-corrected chi connectivity index (χ0v) is 20.5. The number of fused-ring (bicyclic) bond motifs is 3. The van der Waals surface area contributed by atoms with E-state index < -0.39 is 39.7 Å². The number of benzene rings is 2. The minimum absolute atomic E-state index is 0.103. The molecule has 3 aromatic rings. The maximum atomic E-state index is 15.2. The molecule has 0 saturated carbocycles. The van der Waals surface area contributed by atoms with Gasteiger partial charge in [-0.25, -0.2) is 22.7 Å². The van der Waals surface area contributed by atoms with Crippen molar-refractivity contribution in [2.45, 2.75) is 56.6 Å². The average Bonchev–Trinajstić information content (AvgIpc) is 3.43. The Bertz CT molecular complexity index is 1440. The van der Waals surface area contributed by atoms with Gasteiger partial charge in [-0.05, 0) is 67.6 Å². The van der Waals surface area contributed by atoms with Crippen LogP contribution in [-0.2, 0) is 10.0 Å². The molecule has 11 heteroatoms. The molecule has 3 atom stereocenters. The van der Waals surface area contributed by atoms with Crippen LogP contribution in [0.15, 0.2) is 44.4 Å². The number of sulfonamides is 1. The van der Waals surface area contributed by atoms with Gasteiger partial charge in [-0.3, -0.25) is 0 Å². The topological polar surface area (TPSA) is 99.5 Å². The minimum atomic E-state index is -4.09. The van der Waals surface area contributed by atoms with E-state index in [4.69, 9.17) is 16.0 Å². The summed E-state index contributed by atoms with van der Waals surface area (Å²) >= 11 is 6.20. The summed E-state index contributed by atoms with van der Waals surface area (Å²) in [6.45, 7) is 6.03. The van der Waals surface area contributed by atoms with Crippen LogP contribution in [0, 0.1) is 19.7 Å². The Kier molecular flexibility index (Phi) is 5.57. The molecule has 34 heavy (non-hydrogen) atoms. The van der Waals surface area contributed by atoms with Crippen molar-refractivity contribution in [1.29, 1.82) is 0 Å². The lowest BCUT2D eigenvalue weighted by molar-refractivity contribution is 0.189. The number of nitrogens with one attached hydrogen (secondary N) is 1. The Hall–Kier alpha value is -2.69. The van der Waals surface area contributed by atoms with E-state index in [1.165, 1.54) is 22.5 Å². The third-order valence-corrected chi connectivity index (χ3v) is 9.11. The largest absolute Gasteiger partial charge is 0.434 e. The summed E-state index contributed by atoms with van der Waals surface area (Å²) in [7, 11) is -4.09. The zero-order chi connectivity index (χ0) is 24.4. The Labute approximate surface area is 201 Å². The van der Waals surface area contributed by atoms with Gasteiger partial charge in [-0.15, -0.1) is 5.10 Å². The molecule has 1 unspecified atom stereocenters. The fourth-order valence-electron chi connectivity index (χ4n) is 5.27. The molecule has 0 aliphatic carbocycles. The second-order valence-corrected chi connectivity index (χ2v) is 11.1. The predicted molar refractivity (Wildman–Crippen MR) is 125 cm³/mol. The summed E-state index contributed by atoms with van der Waals surface area (Å²) in [6.07, 6.45) is 0.753. The van der Waals surface area contributed by atoms with Gasteiger partial charge >= 0.3 is 5.76 Å². The number of aromatic nitrogens is 2. The molecular formula is C23H24ClFN4O4S. The summed E-state index contributed by atoms with van der Waals surface area (Å²) in [5, 5.41) is 6.67. The van der Waals surface area contributed by atoms with Gasteiger partial charge in [0.1, 0.15) is 16.8 Å². The number of aryl methyl sites for hydroxylation is 1. The van der Waals surface area contributed by atoms with Gasteiger partial charge in [-0.2, -0.15) is 4.31 Å². The van der Waals surface area contributed by atoms with Crippen LogP contribution in [0.1, 0.15) is 54.3 Å². The highest BCUT2D eigenvalue weighted by molar-refractivity contribution is 7.89. The molecule has 180 valence electrons. The van der Waals surface area contributed by atoms with Gasteiger partial charge in [0.15, 0.2) is 0 Å². The molecule has 0 bridgehead atoms. The Morgan fingerprint density at radius 3 is 2.74 bits per heavy atom. The highest BCUT2D eigenvalue weighted by Gasteiger charge is 2.51. The smallest absolute Gasteiger partial charge is 0.391 e. The van der Waals surface area contributed by atoms with Crippen molar-refractivity contribution in [1.82, 2.24) is 14.5 Å². The van der Waals surface area contributed by atoms with Crippen molar-refractivity contribution in [2.75, 3.05) is 11.4 Å². The summed E-state index contributed by atoms with van der Waals surface area (Å²) in [5.41, 5.74) is 2.48. The lowest BCUT2D eigenvalue weighted by Gasteiger charge is -2.45. The van der Waals surface area contributed by atoms with Gasteiger partial charge in [0.25, 0.3) is 0 Å². The molecule has 1 saturated heterocycles. The van der Waals surface area contributed by atoms with Crippen LogP contribution in [-0.4, -0.2) is 35.6 Å². The van der Waals surface area contributed by atoms with Crippen LogP contribution in [0.2, 0.25) is 5.02 Å². The van der Waals surface area contributed by atoms with Gasteiger partial charge in [0.2, 0.25) is 15.9 Å². The first-order valence-electron chi connectivity index (χ1n) is 11.0. The number of hydrogen-bond acceptors (Lipinski definition) is 6. The molecule has 0 amide bonds. The molecule has 2 aromatic carbocycles. The third kappa shape index (κ3) is 3.47. The SMILES string of the molecule is Cc1ccc(F)c([C@@H](C)[C@@H](c2n[nH]c(=O)o2)N2C3CCCN3c3cc(Cl)ccc3S2(=O)=O)c1C. The first-order valence-corrected chi connectivity index (χ1v) is 12.8. The number of aromatic amines is 1. The van der Waals surface area contributed by atoms with Gasteiger partial charge < -0.3 is 9.32 Å². The number of H-pyrrole nitrogens is 1. The van der Waals surface area contributed by atoms with E-state index in [9.17, 15) is 13.2 Å². The van der Waals surface area contributed by atoms with E-state index in [0.717, 1.165) is 12.0 Å². The Morgan fingerprint density at radius 1 is 1.26 bits per heavy atom. The molecule has 0 radical (unpaired) electrons. The molecule has 5 rings (SSSR count). The molecule has 8 nitrogen and oxygen atoms in total. The van der Waals surface area contributed by atoms with Crippen LogP contribution >= 0.6 is 11.6 Å². The van der Waals surface area contributed by atoms with E-state index in [1.807, 2.05) is 11.8 Å². The Morgan fingerprint density at radius 2 is 2.03 bits per heavy atom. The minimum Gasteiger partial charge on any atom is -0.391 e. The number of nitrogens with zero attached hydrogens (tertiary/aromatic N) is 3. The highest BCUT2D eigenvalue weighted by Crippen LogP contribution is 2.49. The maximum absolute atomic E-state index is 15.2. The molecule has 1 N–H and O–H groups in total. The van der Waals surface area contributed by atoms with E-state index >= 15 is 4.39 Å². The molecule has 2 aliphatic rings. The summed E-state index contributed by atoms with van der Waals surface area (Å²) < 4.78 is 49.9. The fraction of sp³-hybridized carbons (Fsp3) is 0.391. The Balaban J connectivity index is 1.75. The fourth-order valence-corrected chi connectivity index (χ4v) is 7.45. The molecule has 1 aromatic heterocycles. The van der Waals surface area contributed by atoms with Crippen LogP contribution in [0.25, 0.3) is 0 Å². The van der Waals surface area contributed by atoms with Crippen molar-refractivity contribution < 1.29 is 17.2 Å². The molecule has 3 heterocycles. The number of halogens is 2. The lowest BCUT2D eigenvalue weighted by Crippen LogP contribution is -2.54. The monoisotopic (exact) mass is 506 g/mol. The van der Waals surface area contributed by atoms with Gasteiger partial charge in [-0.1, -0.05) is 24.6 Å². The van der Waals surface area contributed by atoms with E-state index in [0.29, 0.717) is 34.8 Å². The van der Waals surface area contributed by atoms with E-state index in [1.54, 1.807) is 26.0 Å². The molecule has 2 aliphatic heterocycles. The van der Waals surface area contributed by atoms with Crippen molar-refractivity contribution >= 4 is 27.3 Å². The maximum Gasteiger partial charge on any atom is 0.434 e. The lowest BCUT2D eigenvalue weighted by atomic mass is 9.87. The van der Waals surface area contributed by atoms with Crippen LogP contribution in [0.4, 0.5) is 10.1 Å². The normalized spacial score (nSPS) is 21.2. The molecule has 1 fully saturated rings. The van der Waals surface area contributed by atoms with Crippen LogP contribution in [0.3, 0.4) is 0 Å². The first-order chi connectivity index (χ1) is 16.1. The summed E-state index contributed by atoms with van der Waals surface area (Å²) in [6, 6.07) is 6.66. The van der Waals surface area contributed by atoms with Crippen LogP contribution < -0.4 is 10.7 Å².